The molecule has 2 atom stereocenters. The van der Waals surface area contributed by atoms with Gasteiger partial charge in [0.05, 0.1) is 0 Å². The lowest BCUT2D eigenvalue weighted by Gasteiger charge is -2.28. The van der Waals surface area contributed by atoms with Crippen molar-refractivity contribution in [1.29, 1.82) is 0 Å². The predicted molar refractivity (Wildman–Crippen MR) is 120 cm³/mol. The monoisotopic (exact) mass is 370 g/mol. The SMILES string of the molecule is C/C=C(\C)CC/C=C(\C)CC/C=C(\C)CC(C=C(C)C)C1CCCCC1=O. The van der Waals surface area contributed by atoms with Gasteiger partial charge < -0.3 is 0 Å². The number of allylic oxidation sites excluding steroid dienone is 8. The summed E-state index contributed by atoms with van der Waals surface area (Å²) in [7, 11) is 0. The van der Waals surface area contributed by atoms with Crippen LogP contribution in [0.5, 0.6) is 0 Å². The van der Waals surface area contributed by atoms with Crippen molar-refractivity contribution in [2.45, 2.75) is 99.3 Å². The lowest BCUT2D eigenvalue weighted by Crippen LogP contribution is -2.26. The third kappa shape index (κ3) is 9.94. The van der Waals surface area contributed by atoms with E-state index in [1.807, 2.05) is 0 Å². The van der Waals surface area contributed by atoms with Crippen molar-refractivity contribution >= 4 is 5.78 Å². The van der Waals surface area contributed by atoms with Gasteiger partial charge in [-0.2, -0.15) is 0 Å². The largest absolute Gasteiger partial charge is 0.299 e. The fraction of sp³-hybridized carbons (Fsp3) is 0.654. The molecule has 1 aliphatic carbocycles. The molecule has 0 bridgehead atoms. The first kappa shape index (κ1) is 23.7. The van der Waals surface area contributed by atoms with Gasteiger partial charge in [0.15, 0.2) is 0 Å². The molecule has 0 spiro atoms. The van der Waals surface area contributed by atoms with Crippen LogP contribution >= 0.6 is 0 Å². The summed E-state index contributed by atoms with van der Waals surface area (Å²) in [5, 5.41) is 0. The molecule has 152 valence electrons. The van der Waals surface area contributed by atoms with E-state index in [-0.39, 0.29) is 5.92 Å². The highest BCUT2D eigenvalue weighted by Crippen LogP contribution is 2.33. The molecule has 0 N–H and O–H groups in total. The van der Waals surface area contributed by atoms with E-state index in [4.69, 9.17) is 0 Å². The molecule has 0 aromatic carbocycles. The highest BCUT2D eigenvalue weighted by molar-refractivity contribution is 5.82. The molecule has 2 unspecified atom stereocenters. The summed E-state index contributed by atoms with van der Waals surface area (Å²) >= 11 is 0. The number of Topliss-reactive ketones (excluding diaryl/α,β-unsaturated/α-hetero) is 1. The van der Waals surface area contributed by atoms with Crippen molar-refractivity contribution in [2.75, 3.05) is 0 Å². The van der Waals surface area contributed by atoms with Crippen molar-refractivity contribution in [1.82, 2.24) is 0 Å². The minimum Gasteiger partial charge on any atom is -0.299 e. The molecule has 0 amide bonds. The van der Waals surface area contributed by atoms with E-state index in [9.17, 15) is 4.79 Å². The molecule has 0 heterocycles. The van der Waals surface area contributed by atoms with E-state index in [1.54, 1.807) is 0 Å². The zero-order valence-electron chi connectivity index (χ0n) is 18.7. The van der Waals surface area contributed by atoms with Gasteiger partial charge >= 0.3 is 0 Å². The highest BCUT2D eigenvalue weighted by Gasteiger charge is 2.28. The number of hydrogen-bond donors (Lipinski definition) is 0. The zero-order valence-corrected chi connectivity index (χ0v) is 18.7. The first-order valence-electron chi connectivity index (χ1n) is 10.9. The van der Waals surface area contributed by atoms with Gasteiger partial charge in [0.1, 0.15) is 5.78 Å². The Kier molecular flexibility index (Phi) is 11.3. The van der Waals surface area contributed by atoms with Crippen molar-refractivity contribution in [3.05, 3.63) is 46.6 Å². The molecule has 0 saturated heterocycles. The molecule has 1 nitrogen and oxygen atoms in total. The van der Waals surface area contributed by atoms with Crippen molar-refractivity contribution in [3.8, 4) is 0 Å². The maximum Gasteiger partial charge on any atom is 0.136 e. The van der Waals surface area contributed by atoms with Crippen LogP contribution in [0.15, 0.2) is 46.6 Å². The van der Waals surface area contributed by atoms with Crippen LogP contribution in [-0.2, 0) is 4.79 Å². The minimum atomic E-state index is 0.244. The third-order valence-corrected chi connectivity index (χ3v) is 5.78. The standard InChI is InChI=1S/C26H42O/c1-7-21(4)12-10-13-22(5)14-11-15-23(6)19-24(18-20(2)3)25-16-8-9-17-26(25)27/h7,13,15,18,24-25H,8-12,14,16-17,19H2,1-6H3/b21-7+,22-13+,23-15+. The fourth-order valence-corrected chi connectivity index (χ4v) is 4.00. The summed E-state index contributed by atoms with van der Waals surface area (Å²) in [4.78, 5) is 12.4. The van der Waals surface area contributed by atoms with Crippen LogP contribution in [0.3, 0.4) is 0 Å². The van der Waals surface area contributed by atoms with Crippen molar-refractivity contribution in [2.24, 2.45) is 11.8 Å². The van der Waals surface area contributed by atoms with Crippen LogP contribution in [0.25, 0.3) is 0 Å². The number of carbonyl (C=O) groups is 1. The summed E-state index contributed by atoms with van der Waals surface area (Å²) < 4.78 is 0. The average molecular weight is 371 g/mol. The van der Waals surface area contributed by atoms with Gasteiger partial charge in [0.25, 0.3) is 0 Å². The molecule has 0 aliphatic heterocycles. The molecular formula is C26H42O. The molecule has 1 rings (SSSR count). The molecular weight excluding hydrogens is 328 g/mol. The molecule has 0 radical (unpaired) electrons. The molecule has 1 fully saturated rings. The van der Waals surface area contributed by atoms with E-state index >= 15 is 0 Å². The number of ketones is 1. The lowest BCUT2D eigenvalue weighted by molar-refractivity contribution is -0.125. The second kappa shape index (κ2) is 12.9. The molecule has 0 aromatic heterocycles. The summed E-state index contributed by atoms with van der Waals surface area (Å²) in [5.74, 6) is 1.12. The zero-order chi connectivity index (χ0) is 20.2. The maximum atomic E-state index is 12.4. The Balaban J connectivity index is 2.57. The fourth-order valence-electron chi connectivity index (χ4n) is 4.00. The molecule has 27 heavy (non-hydrogen) atoms. The van der Waals surface area contributed by atoms with E-state index in [1.165, 1.54) is 35.1 Å². The van der Waals surface area contributed by atoms with E-state index in [2.05, 4.69) is 65.8 Å². The van der Waals surface area contributed by atoms with Crippen LogP contribution in [0.4, 0.5) is 0 Å². The molecule has 1 heteroatoms. The molecule has 0 aromatic rings. The van der Waals surface area contributed by atoms with Gasteiger partial charge in [0, 0.05) is 12.3 Å². The smallest absolute Gasteiger partial charge is 0.136 e. The van der Waals surface area contributed by atoms with Gasteiger partial charge in [-0.15, -0.1) is 0 Å². The van der Waals surface area contributed by atoms with Gasteiger partial charge in [-0.1, -0.05) is 53.0 Å². The van der Waals surface area contributed by atoms with Crippen LogP contribution in [0, 0.1) is 11.8 Å². The molecule has 1 aliphatic rings. The van der Waals surface area contributed by atoms with Gasteiger partial charge in [-0.25, -0.2) is 0 Å². The second-order valence-electron chi connectivity index (χ2n) is 8.74. The summed E-state index contributed by atoms with van der Waals surface area (Å²) in [5.41, 5.74) is 5.73. The Labute approximate surface area is 168 Å². The first-order valence-corrected chi connectivity index (χ1v) is 10.9. The number of rotatable bonds is 10. The Morgan fingerprint density at radius 2 is 1.59 bits per heavy atom. The highest BCUT2D eigenvalue weighted by atomic mass is 16.1. The Bertz CT molecular complexity index is 581. The topological polar surface area (TPSA) is 17.1 Å². The van der Waals surface area contributed by atoms with Crippen molar-refractivity contribution < 1.29 is 4.79 Å². The Morgan fingerprint density at radius 3 is 2.19 bits per heavy atom. The maximum absolute atomic E-state index is 12.4. The minimum absolute atomic E-state index is 0.244. The molecule has 1 saturated carbocycles. The third-order valence-electron chi connectivity index (χ3n) is 5.78. The first-order chi connectivity index (χ1) is 12.8. The van der Waals surface area contributed by atoms with Crippen LogP contribution in [0.2, 0.25) is 0 Å². The quantitative estimate of drug-likeness (QED) is 0.355. The lowest BCUT2D eigenvalue weighted by atomic mass is 9.76. The van der Waals surface area contributed by atoms with Crippen LogP contribution < -0.4 is 0 Å². The van der Waals surface area contributed by atoms with Crippen LogP contribution in [0.1, 0.15) is 99.3 Å². The van der Waals surface area contributed by atoms with Gasteiger partial charge in [-0.05, 0) is 92.4 Å². The Morgan fingerprint density at radius 1 is 0.963 bits per heavy atom. The predicted octanol–water partition coefficient (Wildman–Crippen LogP) is 8.14. The normalized spacial score (nSPS) is 20.6. The van der Waals surface area contributed by atoms with E-state index in [0.717, 1.165) is 44.9 Å². The Hall–Kier alpha value is -1.37. The summed E-state index contributed by atoms with van der Waals surface area (Å²) in [6.45, 7) is 13.1. The number of hydrogen-bond acceptors (Lipinski definition) is 1. The summed E-state index contributed by atoms with van der Waals surface area (Å²) in [6, 6.07) is 0. The van der Waals surface area contributed by atoms with E-state index < -0.39 is 0 Å². The van der Waals surface area contributed by atoms with E-state index in [0.29, 0.717) is 11.7 Å². The van der Waals surface area contributed by atoms with Gasteiger partial charge in [-0.3, -0.25) is 4.79 Å². The summed E-state index contributed by atoms with van der Waals surface area (Å²) in [6.07, 6.45) is 19.1. The second-order valence-corrected chi connectivity index (χ2v) is 8.74. The number of carbonyl (C=O) groups excluding carboxylic acids is 1. The van der Waals surface area contributed by atoms with Gasteiger partial charge in [0.2, 0.25) is 0 Å². The van der Waals surface area contributed by atoms with Crippen molar-refractivity contribution in [3.63, 3.8) is 0 Å². The average Bonchev–Trinajstić information content (AvgIpc) is 2.61. The van der Waals surface area contributed by atoms with Crippen LogP contribution in [-0.4, -0.2) is 5.78 Å².